The van der Waals surface area contributed by atoms with Crippen LogP contribution in [0.2, 0.25) is 0 Å². The molecule has 1 fully saturated rings. The number of nitrogens with zero attached hydrogens (tertiary/aromatic N) is 2. The molecule has 1 aromatic carbocycles. The van der Waals surface area contributed by atoms with Crippen LogP contribution in [-0.2, 0) is 4.79 Å². The van der Waals surface area contributed by atoms with Crippen molar-refractivity contribution < 1.29 is 18.7 Å². The maximum atomic E-state index is 13.9. The Kier molecular flexibility index (Phi) is 5.85. The molecular formula is C19H21FN4O3. The Labute approximate surface area is 156 Å². The van der Waals surface area contributed by atoms with Gasteiger partial charge < -0.3 is 20.3 Å². The number of nitrogens with one attached hydrogen (secondary N) is 2. The summed E-state index contributed by atoms with van der Waals surface area (Å²) in [4.78, 5) is 29.2. The smallest absolute Gasteiger partial charge is 0.323 e. The molecular weight excluding hydrogens is 351 g/mol. The first-order valence-corrected chi connectivity index (χ1v) is 8.70. The highest BCUT2D eigenvalue weighted by atomic mass is 19.1. The number of likely N-dealkylation sites (tertiary alicyclic amines) is 1. The molecule has 2 N–H and O–H groups in total. The van der Waals surface area contributed by atoms with Crippen LogP contribution in [0.1, 0.15) is 19.8 Å². The number of pyridine rings is 1. The molecule has 1 atom stereocenters. The van der Waals surface area contributed by atoms with Crippen molar-refractivity contribution in [1.29, 1.82) is 0 Å². The number of hydrogen-bond acceptors (Lipinski definition) is 4. The van der Waals surface area contributed by atoms with E-state index >= 15 is 0 Å². The van der Waals surface area contributed by atoms with Crippen molar-refractivity contribution in [3.05, 3.63) is 48.5 Å². The minimum Gasteiger partial charge on any atom is -0.488 e. The molecule has 0 bridgehead atoms. The SMILES string of the molecule is CC(=O)N1CCC[C@@H](Oc2cc(F)cc(NC(=O)Nc3cccnc3)c2)C1. The third-order valence-corrected chi connectivity index (χ3v) is 4.17. The van der Waals surface area contributed by atoms with E-state index in [1.54, 1.807) is 29.3 Å². The van der Waals surface area contributed by atoms with E-state index in [1.165, 1.54) is 25.3 Å². The summed E-state index contributed by atoms with van der Waals surface area (Å²) in [5, 5.41) is 5.18. The zero-order valence-electron chi connectivity index (χ0n) is 14.9. The van der Waals surface area contributed by atoms with E-state index in [0.29, 0.717) is 24.5 Å². The minimum atomic E-state index is -0.525. The van der Waals surface area contributed by atoms with Crippen molar-refractivity contribution in [2.45, 2.75) is 25.9 Å². The number of halogens is 1. The van der Waals surface area contributed by atoms with Crippen LogP contribution in [0.25, 0.3) is 0 Å². The standard InChI is InChI=1S/C19H21FN4O3/c1-13(25)24-7-3-5-17(12-24)27-18-9-14(20)8-16(10-18)23-19(26)22-15-4-2-6-21-11-15/h2,4,6,8-11,17H,3,5,7,12H2,1H3,(H2,22,23,26)/t17-/m1/s1. The lowest BCUT2D eigenvalue weighted by Crippen LogP contribution is -2.43. The molecule has 0 radical (unpaired) electrons. The normalized spacial score (nSPS) is 16.5. The first kappa shape index (κ1) is 18.6. The van der Waals surface area contributed by atoms with Crippen LogP contribution in [0.3, 0.4) is 0 Å². The Morgan fingerprint density at radius 1 is 1.26 bits per heavy atom. The highest BCUT2D eigenvalue weighted by Crippen LogP contribution is 2.24. The summed E-state index contributed by atoms with van der Waals surface area (Å²) in [5.74, 6) is -0.220. The van der Waals surface area contributed by atoms with Crippen molar-refractivity contribution in [3.8, 4) is 5.75 Å². The number of ether oxygens (including phenoxy) is 1. The van der Waals surface area contributed by atoms with Crippen molar-refractivity contribution in [2.24, 2.45) is 0 Å². The average Bonchev–Trinajstić information content (AvgIpc) is 2.62. The topological polar surface area (TPSA) is 83.6 Å². The van der Waals surface area contributed by atoms with Crippen LogP contribution in [0.5, 0.6) is 5.75 Å². The molecule has 2 heterocycles. The molecule has 0 spiro atoms. The zero-order chi connectivity index (χ0) is 19.2. The predicted molar refractivity (Wildman–Crippen MR) is 99.2 cm³/mol. The van der Waals surface area contributed by atoms with Crippen LogP contribution < -0.4 is 15.4 Å². The van der Waals surface area contributed by atoms with Gasteiger partial charge in [0, 0.05) is 37.5 Å². The lowest BCUT2D eigenvalue weighted by atomic mass is 10.1. The van der Waals surface area contributed by atoms with Gasteiger partial charge in [-0.2, -0.15) is 0 Å². The number of anilines is 2. The van der Waals surface area contributed by atoms with Gasteiger partial charge in [-0.1, -0.05) is 0 Å². The molecule has 3 rings (SSSR count). The van der Waals surface area contributed by atoms with Crippen LogP contribution >= 0.6 is 0 Å². The highest BCUT2D eigenvalue weighted by Gasteiger charge is 2.23. The number of urea groups is 1. The lowest BCUT2D eigenvalue weighted by molar-refractivity contribution is -0.131. The fourth-order valence-corrected chi connectivity index (χ4v) is 2.95. The van der Waals surface area contributed by atoms with Crippen LogP contribution in [0.15, 0.2) is 42.7 Å². The third kappa shape index (κ3) is 5.40. The second-order valence-electron chi connectivity index (χ2n) is 6.34. The number of carbonyl (C=O) groups is 2. The molecule has 1 saturated heterocycles. The largest absolute Gasteiger partial charge is 0.488 e. The van der Waals surface area contributed by atoms with Gasteiger partial charge in [-0.15, -0.1) is 0 Å². The maximum absolute atomic E-state index is 13.9. The average molecular weight is 372 g/mol. The molecule has 0 unspecified atom stereocenters. The Balaban J connectivity index is 1.63. The second kappa shape index (κ2) is 8.48. The molecule has 1 aromatic heterocycles. The second-order valence-corrected chi connectivity index (χ2v) is 6.34. The van der Waals surface area contributed by atoms with Crippen LogP contribution in [0.4, 0.5) is 20.6 Å². The minimum absolute atomic E-state index is 0.00280. The Morgan fingerprint density at radius 3 is 2.81 bits per heavy atom. The van der Waals surface area contributed by atoms with Gasteiger partial charge in [0.1, 0.15) is 17.7 Å². The van der Waals surface area contributed by atoms with Crippen LogP contribution in [0, 0.1) is 5.82 Å². The summed E-state index contributed by atoms with van der Waals surface area (Å²) in [6.07, 6.45) is 4.51. The fourth-order valence-electron chi connectivity index (χ4n) is 2.95. The van der Waals surface area contributed by atoms with Gasteiger partial charge >= 0.3 is 6.03 Å². The molecule has 0 saturated carbocycles. The van der Waals surface area contributed by atoms with E-state index in [0.717, 1.165) is 12.8 Å². The summed E-state index contributed by atoms with van der Waals surface area (Å²) in [6, 6.07) is 6.89. The van der Waals surface area contributed by atoms with Gasteiger partial charge in [0.2, 0.25) is 5.91 Å². The number of amides is 3. The molecule has 142 valence electrons. The van der Waals surface area contributed by atoms with Gasteiger partial charge in [-0.3, -0.25) is 9.78 Å². The van der Waals surface area contributed by atoms with E-state index in [9.17, 15) is 14.0 Å². The third-order valence-electron chi connectivity index (χ3n) is 4.17. The summed E-state index contributed by atoms with van der Waals surface area (Å²) in [5.41, 5.74) is 0.792. The Hall–Kier alpha value is -3.16. The van der Waals surface area contributed by atoms with Crippen molar-refractivity contribution >= 4 is 23.3 Å². The van der Waals surface area contributed by atoms with Crippen molar-refractivity contribution in [2.75, 3.05) is 23.7 Å². The summed E-state index contributed by atoms with van der Waals surface area (Å²) in [6.45, 7) is 2.70. The highest BCUT2D eigenvalue weighted by molar-refractivity contribution is 5.99. The molecule has 3 amide bonds. The molecule has 27 heavy (non-hydrogen) atoms. The summed E-state index contributed by atoms with van der Waals surface area (Å²) < 4.78 is 19.8. The monoisotopic (exact) mass is 372 g/mol. The molecule has 2 aromatic rings. The van der Waals surface area contributed by atoms with E-state index in [4.69, 9.17) is 4.74 Å². The molecule has 7 nitrogen and oxygen atoms in total. The molecule has 8 heteroatoms. The lowest BCUT2D eigenvalue weighted by Gasteiger charge is -2.32. The number of rotatable bonds is 4. The number of hydrogen-bond donors (Lipinski definition) is 2. The van der Waals surface area contributed by atoms with Crippen LogP contribution in [-0.4, -0.2) is 41.0 Å². The van der Waals surface area contributed by atoms with Crippen molar-refractivity contribution in [3.63, 3.8) is 0 Å². The molecule has 1 aliphatic heterocycles. The van der Waals surface area contributed by atoms with Crippen molar-refractivity contribution in [1.82, 2.24) is 9.88 Å². The van der Waals surface area contributed by atoms with E-state index in [1.807, 2.05) is 0 Å². The van der Waals surface area contributed by atoms with E-state index in [2.05, 4.69) is 15.6 Å². The summed E-state index contributed by atoms with van der Waals surface area (Å²) >= 11 is 0. The first-order chi connectivity index (χ1) is 13.0. The van der Waals surface area contributed by atoms with Gasteiger partial charge in [0.05, 0.1) is 18.4 Å². The maximum Gasteiger partial charge on any atom is 0.323 e. The molecule has 1 aliphatic rings. The van der Waals surface area contributed by atoms with Gasteiger partial charge in [0.15, 0.2) is 0 Å². The fraction of sp³-hybridized carbons (Fsp3) is 0.316. The number of piperidine rings is 1. The summed E-state index contributed by atoms with van der Waals surface area (Å²) in [7, 11) is 0. The predicted octanol–water partition coefficient (Wildman–Crippen LogP) is 3.25. The van der Waals surface area contributed by atoms with Gasteiger partial charge in [-0.05, 0) is 31.0 Å². The number of carbonyl (C=O) groups excluding carboxylic acids is 2. The van der Waals surface area contributed by atoms with Gasteiger partial charge in [0.25, 0.3) is 0 Å². The molecule has 0 aliphatic carbocycles. The van der Waals surface area contributed by atoms with Gasteiger partial charge in [-0.25, -0.2) is 9.18 Å². The Bertz CT molecular complexity index is 816. The first-order valence-electron chi connectivity index (χ1n) is 8.70. The zero-order valence-corrected chi connectivity index (χ0v) is 14.9. The number of aromatic nitrogens is 1. The Morgan fingerprint density at radius 2 is 2.07 bits per heavy atom. The quantitative estimate of drug-likeness (QED) is 0.863. The van der Waals surface area contributed by atoms with E-state index < -0.39 is 11.8 Å². The van der Waals surface area contributed by atoms with E-state index in [-0.39, 0.29) is 17.7 Å². The number of benzene rings is 1.